The van der Waals surface area contributed by atoms with Crippen molar-refractivity contribution in [2.45, 2.75) is 18.5 Å². The van der Waals surface area contributed by atoms with Gasteiger partial charge in [0, 0.05) is 22.9 Å². The first kappa shape index (κ1) is 19.9. The molecule has 1 aliphatic heterocycles. The van der Waals surface area contributed by atoms with Crippen molar-refractivity contribution in [2.24, 2.45) is 10.9 Å². The van der Waals surface area contributed by atoms with Crippen LogP contribution >= 0.6 is 11.8 Å². The topological polar surface area (TPSA) is 125 Å². The van der Waals surface area contributed by atoms with Crippen molar-refractivity contribution < 1.29 is 9.53 Å². The summed E-state index contributed by atoms with van der Waals surface area (Å²) in [4.78, 5) is 28.0. The normalized spacial score (nSPS) is 16.9. The Labute approximate surface area is 177 Å². The third kappa shape index (κ3) is 4.01. The van der Waals surface area contributed by atoms with Gasteiger partial charge in [-0.25, -0.2) is 0 Å². The number of benzene rings is 2. The number of hydrogen-bond acceptors (Lipinski definition) is 7. The average Bonchev–Trinajstić information content (AvgIpc) is 3.40. The summed E-state index contributed by atoms with van der Waals surface area (Å²) in [5, 5.41) is 13.0. The molecule has 30 heavy (non-hydrogen) atoms. The summed E-state index contributed by atoms with van der Waals surface area (Å²) in [6.45, 7) is 0. The van der Waals surface area contributed by atoms with Crippen molar-refractivity contribution in [1.82, 2.24) is 9.88 Å². The molecule has 1 amide bonds. The first-order chi connectivity index (χ1) is 14.6. The molecule has 1 aliphatic rings. The smallest absolute Gasteiger partial charge is 0.241 e. The van der Waals surface area contributed by atoms with E-state index in [1.165, 1.54) is 0 Å². The minimum absolute atomic E-state index is 0.211. The third-order valence-electron chi connectivity index (χ3n) is 4.99. The first-order valence-corrected chi connectivity index (χ1v) is 10.5. The SMILES string of the molecule is N#C[C@H]1CSCN1C(=O)C(N)Cc1c[nH]c2ccc(Oc3ccc(N=O)cc3)cc12. The molecular weight excluding hydrogens is 402 g/mol. The monoisotopic (exact) mass is 421 g/mol. The standard InChI is InChI=1S/C21H19N5O3S/c22-9-15-11-30-12-26(15)21(27)19(23)7-13-10-24-20-6-5-17(8-18(13)20)29-16-3-1-14(25-28)2-4-16/h1-6,8,10,15,19,24H,7,11-12,23H2/t15-,19?/m0/s1. The van der Waals surface area contributed by atoms with Crippen LogP contribution in [0.15, 0.2) is 53.8 Å². The van der Waals surface area contributed by atoms with Gasteiger partial charge in [0.2, 0.25) is 5.91 Å². The number of aromatic nitrogens is 1. The number of aromatic amines is 1. The summed E-state index contributed by atoms with van der Waals surface area (Å²) in [5.74, 6) is 2.11. The lowest BCUT2D eigenvalue weighted by atomic mass is 10.0. The fourth-order valence-corrected chi connectivity index (χ4v) is 4.49. The van der Waals surface area contributed by atoms with Crippen LogP contribution in [0.5, 0.6) is 11.5 Å². The molecule has 9 heteroatoms. The maximum atomic E-state index is 12.7. The Morgan fingerprint density at radius 3 is 2.83 bits per heavy atom. The average molecular weight is 421 g/mol. The number of nitrogens with zero attached hydrogens (tertiary/aromatic N) is 3. The Hall–Kier alpha value is -3.35. The number of nitriles is 1. The van der Waals surface area contributed by atoms with Crippen LogP contribution in [-0.4, -0.2) is 39.5 Å². The van der Waals surface area contributed by atoms with Crippen LogP contribution in [0.3, 0.4) is 0 Å². The Balaban J connectivity index is 1.51. The maximum absolute atomic E-state index is 12.7. The lowest BCUT2D eigenvalue weighted by molar-refractivity contribution is -0.132. The summed E-state index contributed by atoms with van der Waals surface area (Å²) >= 11 is 1.56. The van der Waals surface area contributed by atoms with Gasteiger partial charge in [-0.05, 0) is 59.6 Å². The minimum atomic E-state index is -0.730. The molecule has 152 valence electrons. The Bertz CT molecular complexity index is 1120. The highest BCUT2D eigenvalue weighted by Gasteiger charge is 2.32. The largest absolute Gasteiger partial charge is 0.457 e. The molecule has 2 heterocycles. The van der Waals surface area contributed by atoms with Crippen LogP contribution in [0.1, 0.15) is 5.56 Å². The van der Waals surface area contributed by atoms with Crippen LogP contribution in [0.2, 0.25) is 0 Å². The second-order valence-electron chi connectivity index (χ2n) is 6.97. The van der Waals surface area contributed by atoms with Crippen LogP contribution in [0, 0.1) is 16.2 Å². The molecule has 4 rings (SSSR count). The molecule has 0 radical (unpaired) electrons. The number of nitrogens with one attached hydrogen (secondary N) is 1. The molecule has 1 unspecified atom stereocenters. The number of H-pyrrole nitrogens is 1. The fraction of sp³-hybridized carbons (Fsp3) is 0.238. The van der Waals surface area contributed by atoms with Crippen molar-refractivity contribution in [2.75, 3.05) is 11.6 Å². The number of rotatable bonds is 6. The van der Waals surface area contributed by atoms with E-state index in [2.05, 4.69) is 16.2 Å². The van der Waals surface area contributed by atoms with E-state index in [4.69, 9.17) is 10.5 Å². The number of amides is 1. The van der Waals surface area contributed by atoms with Gasteiger partial charge in [0.25, 0.3) is 0 Å². The highest BCUT2D eigenvalue weighted by molar-refractivity contribution is 7.99. The maximum Gasteiger partial charge on any atom is 0.241 e. The third-order valence-corrected chi connectivity index (χ3v) is 6.00. The van der Waals surface area contributed by atoms with Gasteiger partial charge in [-0.2, -0.15) is 5.26 Å². The van der Waals surface area contributed by atoms with E-state index in [9.17, 15) is 15.0 Å². The highest BCUT2D eigenvalue weighted by atomic mass is 32.2. The molecule has 0 spiro atoms. The molecule has 0 bridgehead atoms. The summed E-state index contributed by atoms with van der Waals surface area (Å²) < 4.78 is 5.87. The molecular formula is C21H19N5O3S. The first-order valence-electron chi connectivity index (χ1n) is 9.34. The van der Waals surface area contributed by atoms with E-state index in [-0.39, 0.29) is 5.91 Å². The molecule has 1 aromatic heterocycles. The van der Waals surface area contributed by atoms with Crippen LogP contribution in [0.4, 0.5) is 5.69 Å². The summed E-state index contributed by atoms with van der Waals surface area (Å²) in [6, 6.07) is 13.1. The second-order valence-corrected chi connectivity index (χ2v) is 7.97. The summed E-state index contributed by atoms with van der Waals surface area (Å²) in [6.07, 6.45) is 2.19. The number of carbonyl (C=O) groups excluding carboxylic acids is 1. The zero-order valence-corrected chi connectivity index (χ0v) is 16.8. The molecule has 3 N–H and O–H groups in total. The van der Waals surface area contributed by atoms with Gasteiger partial charge in [0.1, 0.15) is 23.2 Å². The fourth-order valence-electron chi connectivity index (χ4n) is 3.41. The lowest BCUT2D eigenvalue weighted by Gasteiger charge is -2.22. The lowest BCUT2D eigenvalue weighted by Crippen LogP contribution is -2.47. The minimum Gasteiger partial charge on any atom is -0.457 e. The van der Waals surface area contributed by atoms with E-state index >= 15 is 0 Å². The predicted molar refractivity (Wildman–Crippen MR) is 116 cm³/mol. The van der Waals surface area contributed by atoms with Gasteiger partial charge in [0.15, 0.2) is 0 Å². The van der Waals surface area contributed by atoms with Crippen molar-refractivity contribution >= 4 is 34.3 Å². The summed E-state index contributed by atoms with van der Waals surface area (Å²) in [7, 11) is 0. The number of ether oxygens (including phenoxy) is 1. The van der Waals surface area contributed by atoms with Gasteiger partial charge in [-0.3, -0.25) is 4.79 Å². The van der Waals surface area contributed by atoms with Gasteiger partial charge in [0.05, 0.1) is 18.0 Å². The van der Waals surface area contributed by atoms with Crippen molar-refractivity contribution in [1.29, 1.82) is 5.26 Å². The molecule has 2 aromatic carbocycles. The van der Waals surface area contributed by atoms with Crippen molar-refractivity contribution in [3.8, 4) is 17.6 Å². The second kappa shape index (κ2) is 8.57. The summed E-state index contributed by atoms with van der Waals surface area (Å²) in [5.41, 5.74) is 8.34. The van der Waals surface area contributed by atoms with Crippen LogP contribution in [0.25, 0.3) is 10.9 Å². The molecule has 8 nitrogen and oxygen atoms in total. The Morgan fingerprint density at radius 2 is 2.10 bits per heavy atom. The van der Waals surface area contributed by atoms with Gasteiger partial charge < -0.3 is 20.4 Å². The Morgan fingerprint density at radius 1 is 1.33 bits per heavy atom. The predicted octanol–water partition coefficient (Wildman–Crippen LogP) is 3.65. The van der Waals surface area contributed by atoms with E-state index in [0.29, 0.717) is 35.2 Å². The highest BCUT2D eigenvalue weighted by Crippen LogP contribution is 2.29. The van der Waals surface area contributed by atoms with E-state index in [1.54, 1.807) is 40.9 Å². The quantitative estimate of drug-likeness (QED) is 0.585. The molecule has 2 atom stereocenters. The molecule has 0 aliphatic carbocycles. The van der Waals surface area contributed by atoms with Crippen molar-refractivity contribution in [3.63, 3.8) is 0 Å². The number of fused-ring (bicyclic) bond motifs is 1. The zero-order valence-electron chi connectivity index (χ0n) is 15.9. The van der Waals surface area contributed by atoms with E-state index in [0.717, 1.165) is 16.5 Å². The van der Waals surface area contributed by atoms with Gasteiger partial charge in [-0.1, -0.05) is 0 Å². The number of thioether (sulfide) groups is 1. The zero-order chi connectivity index (χ0) is 21.1. The molecule has 1 saturated heterocycles. The molecule has 0 saturated carbocycles. The number of nitroso groups, excluding NO2 is 1. The van der Waals surface area contributed by atoms with Crippen molar-refractivity contribution in [3.05, 3.63) is 59.1 Å². The number of hydrogen-bond donors (Lipinski definition) is 2. The van der Waals surface area contributed by atoms with E-state index < -0.39 is 12.1 Å². The van der Waals surface area contributed by atoms with Gasteiger partial charge in [-0.15, -0.1) is 16.7 Å². The molecule has 3 aromatic rings. The van der Waals surface area contributed by atoms with Crippen LogP contribution < -0.4 is 10.5 Å². The van der Waals surface area contributed by atoms with E-state index in [1.807, 2.05) is 24.4 Å². The number of carbonyl (C=O) groups is 1. The van der Waals surface area contributed by atoms with Crippen LogP contribution in [-0.2, 0) is 11.2 Å². The van der Waals surface area contributed by atoms with Gasteiger partial charge >= 0.3 is 0 Å². The Kier molecular flexibility index (Phi) is 5.70. The molecule has 1 fully saturated rings. The number of nitrogens with two attached hydrogens (primary N) is 1.